The van der Waals surface area contributed by atoms with Crippen molar-refractivity contribution in [3.63, 3.8) is 0 Å². The van der Waals surface area contributed by atoms with E-state index < -0.39 is 0 Å². The highest BCUT2D eigenvalue weighted by Gasteiger charge is 1.93. The molecular weight excluding hydrogens is 256 g/mol. The lowest BCUT2D eigenvalue weighted by atomic mass is 10.1. The molecule has 104 valence electrons. The summed E-state index contributed by atoms with van der Waals surface area (Å²) in [5.41, 5.74) is 1.96. The molecule has 0 fully saturated rings. The van der Waals surface area contributed by atoms with Crippen LogP contribution in [0.25, 0.3) is 12.2 Å². The van der Waals surface area contributed by atoms with Crippen LogP contribution in [0.5, 0.6) is 5.75 Å². The van der Waals surface area contributed by atoms with Crippen LogP contribution in [0.15, 0.2) is 91.0 Å². The van der Waals surface area contributed by atoms with Gasteiger partial charge >= 0.3 is 0 Å². The number of aromatic hydroxyl groups is 1. The number of hydrogen-bond acceptors (Lipinski definition) is 1. The molecule has 0 aliphatic rings. The highest BCUT2D eigenvalue weighted by molar-refractivity contribution is 5.72. The topological polar surface area (TPSA) is 20.2 Å². The summed E-state index contributed by atoms with van der Waals surface area (Å²) in [5, 5.41) is 9.54. The van der Waals surface area contributed by atoms with Gasteiger partial charge < -0.3 is 5.11 Å². The summed E-state index contributed by atoms with van der Waals surface area (Å²) >= 11 is 0. The fraction of sp³-hybridized carbons (Fsp3) is 0. The lowest BCUT2D eigenvalue weighted by Crippen LogP contribution is -1.73. The van der Waals surface area contributed by atoms with Gasteiger partial charge in [0.1, 0.15) is 5.75 Å². The molecule has 1 nitrogen and oxygen atoms in total. The van der Waals surface area contributed by atoms with E-state index in [2.05, 4.69) is 0 Å². The first-order chi connectivity index (χ1) is 10.4. The Morgan fingerprint density at radius 3 is 1.57 bits per heavy atom. The predicted molar refractivity (Wildman–Crippen MR) is 89.9 cm³/mol. The number of phenolic OH excluding ortho intramolecular Hbond substituents is 1. The van der Waals surface area contributed by atoms with E-state index >= 15 is 0 Å². The minimum absolute atomic E-state index is 0.310. The third kappa shape index (κ3) is 5.37. The quantitative estimate of drug-likeness (QED) is 0.633. The second kappa shape index (κ2) is 8.39. The van der Waals surface area contributed by atoms with E-state index in [0.29, 0.717) is 5.75 Å². The Morgan fingerprint density at radius 2 is 1.00 bits per heavy atom. The Bertz CT molecular complexity index is 631. The normalized spacial score (nSPS) is 9.90. The third-order valence-electron chi connectivity index (χ3n) is 2.86. The summed E-state index contributed by atoms with van der Waals surface area (Å²) < 4.78 is 0. The van der Waals surface area contributed by atoms with Crippen molar-refractivity contribution in [3.05, 3.63) is 102 Å². The number of rotatable bonds is 2. The largest absolute Gasteiger partial charge is 0.507 e. The molecule has 0 spiro atoms. The zero-order valence-corrected chi connectivity index (χ0v) is 11.8. The van der Waals surface area contributed by atoms with Gasteiger partial charge in [-0.3, -0.25) is 0 Å². The highest BCUT2D eigenvalue weighted by Crippen LogP contribution is 2.18. The van der Waals surface area contributed by atoms with Crippen molar-refractivity contribution in [2.45, 2.75) is 0 Å². The fourth-order valence-electron chi connectivity index (χ4n) is 1.76. The Balaban J connectivity index is 0.000000225. The van der Waals surface area contributed by atoms with Gasteiger partial charge in [-0.1, -0.05) is 97.1 Å². The van der Waals surface area contributed by atoms with Gasteiger partial charge in [-0.05, 0) is 11.6 Å². The molecule has 0 radical (unpaired) electrons. The molecule has 0 saturated carbocycles. The average molecular weight is 274 g/mol. The maximum absolute atomic E-state index is 9.54. The maximum Gasteiger partial charge on any atom is 0.122 e. The van der Waals surface area contributed by atoms with Crippen LogP contribution in [0.1, 0.15) is 11.1 Å². The van der Waals surface area contributed by atoms with Crippen LogP contribution < -0.4 is 0 Å². The molecule has 0 unspecified atom stereocenters. The summed E-state index contributed by atoms with van der Waals surface area (Å²) in [7, 11) is 0. The molecule has 21 heavy (non-hydrogen) atoms. The van der Waals surface area contributed by atoms with E-state index in [-0.39, 0.29) is 0 Å². The van der Waals surface area contributed by atoms with Crippen LogP contribution in [0, 0.1) is 0 Å². The zero-order valence-electron chi connectivity index (χ0n) is 11.8. The first-order valence-electron chi connectivity index (χ1n) is 6.87. The van der Waals surface area contributed by atoms with Gasteiger partial charge in [-0.15, -0.1) is 0 Å². The van der Waals surface area contributed by atoms with E-state index in [1.807, 2.05) is 97.1 Å². The van der Waals surface area contributed by atoms with Gasteiger partial charge in [0.2, 0.25) is 0 Å². The maximum atomic E-state index is 9.54. The highest BCUT2D eigenvalue weighted by atomic mass is 16.3. The molecule has 0 amide bonds. The number of phenols is 1. The first kappa shape index (κ1) is 14.6. The van der Waals surface area contributed by atoms with E-state index in [0.717, 1.165) is 11.1 Å². The van der Waals surface area contributed by atoms with E-state index in [9.17, 15) is 5.11 Å². The van der Waals surface area contributed by atoms with Crippen molar-refractivity contribution in [1.29, 1.82) is 0 Å². The summed E-state index contributed by atoms with van der Waals surface area (Å²) in [6.07, 6.45) is 3.89. The van der Waals surface area contributed by atoms with Crippen LogP contribution in [-0.4, -0.2) is 5.11 Å². The lowest BCUT2D eigenvalue weighted by molar-refractivity contribution is 0.474. The van der Waals surface area contributed by atoms with Crippen molar-refractivity contribution >= 4 is 12.2 Å². The molecule has 0 bridgehead atoms. The monoisotopic (exact) mass is 274 g/mol. The van der Waals surface area contributed by atoms with Crippen LogP contribution in [0.4, 0.5) is 0 Å². The Kier molecular flexibility index (Phi) is 5.83. The molecule has 1 N–H and O–H groups in total. The number of hydrogen-bond donors (Lipinski definition) is 1. The SMILES string of the molecule is Oc1ccccc1C=Cc1ccccc1.c1ccccc1. The second-order valence-corrected chi connectivity index (χ2v) is 4.46. The molecule has 0 saturated heterocycles. The first-order valence-corrected chi connectivity index (χ1v) is 6.87. The molecule has 0 aliphatic heterocycles. The Labute approximate surface area is 125 Å². The van der Waals surface area contributed by atoms with Crippen LogP contribution in [-0.2, 0) is 0 Å². The molecule has 3 rings (SSSR count). The van der Waals surface area contributed by atoms with Gasteiger partial charge in [0.15, 0.2) is 0 Å². The predicted octanol–water partition coefficient (Wildman–Crippen LogP) is 5.25. The van der Waals surface area contributed by atoms with Crippen molar-refractivity contribution in [3.8, 4) is 5.75 Å². The summed E-state index contributed by atoms with van der Waals surface area (Å²) in [6, 6.07) is 29.3. The average Bonchev–Trinajstić information content (AvgIpc) is 2.57. The van der Waals surface area contributed by atoms with Gasteiger partial charge in [0.05, 0.1) is 0 Å². The van der Waals surface area contributed by atoms with Crippen LogP contribution in [0.2, 0.25) is 0 Å². The molecule has 0 atom stereocenters. The van der Waals surface area contributed by atoms with E-state index in [1.54, 1.807) is 6.07 Å². The Morgan fingerprint density at radius 1 is 0.524 bits per heavy atom. The third-order valence-corrected chi connectivity index (χ3v) is 2.86. The van der Waals surface area contributed by atoms with E-state index in [4.69, 9.17) is 0 Å². The number of para-hydroxylation sites is 1. The summed E-state index contributed by atoms with van der Waals surface area (Å²) in [6.45, 7) is 0. The van der Waals surface area contributed by atoms with E-state index in [1.165, 1.54) is 0 Å². The standard InChI is InChI=1S/C14H12O.C6H6/c15-14-9-5-4-8-13(14)11-10-12-6-2-1-3-7-12;1-2-4-6-5-3-1/h1-11,15H;1-6H. The summed E-state index contributed by atoms with van der Waals surface area (Å²) in [5.74, 6) is 0.310. The fourth-order valence-corrected chi connectivity index (χ4v) is 1.76. The smallest absolute Gasteiger partial charge is 0.122 e. The molecular formula is C20H18O. The minimum Gasteiger partial charge on any atom is -0.507 e. The van der Waals surface area contributed by atoms with Crippen LogP contribution in [0.3, 0.4) is 0 Å². The van der Waals surface area contributed by atoms with Gasteiger partial charge in [0.25, 0.3) is 0 Å². The molecule has 1 heteroatoms. The second-order valence-electron chi connectivity index (χ2n) is 4.46. The molecule has 3 aromatic rings. The number of benzene rings is 3. The Hall–Kier alpha value is -2.80. The minimum atomic E-state index is 0.310. The van der Waals surface area contributed by atoms with Crippen molar-refractivity contribution < 1.29 is 5.11 Å². The molecule has 3 aromatic carbocycles. The molecule has 0 aliphatic carbocycles. The molecule has 0 heterocycles. The van der Waals surface area contributed by atoms with Crippen molar-refractivity contribution in [1.82, 2.24) is 0 Å². The van der Waals surface area contributed by atoms with Crippen molar-refractivity contribution in [2.24, 2.45) is 0 Å². The zero-order chi connectivity index (χ0) is 14.8. The summed E-state index contributed by atoms with van der Waals surface area (Å²) in [4.78, 5) is 0. The lowest BCUT2D eigenvalue weighted by Gasteiger charge is -1.97. The van der Waals surface area contributed by atoms with Gasteiger partial charge in [0, 0.05) is 5.56 Å². The van der Waals surface area contributed by atoms with Gasteiger partial charge in [-0.25, -0.2) is 0 Å². The van der Waals surface area contributed by atoms with Crippen LogP contribution >= 0.6 is 0 Å². The van der Waals surface area contributed by atoms with Crippen molar-refractivity contribution in [2.75, 3.05) is 0 Å². The molecule has 0 aromatic heterocycles. The van der Waals surface area contributed by atoms with Gasteiger partial charge in [-0.2, -0.15) is 0 Å².